The van der Waals surface area contributed by atoms with Crippen molar-refractivity contribution in [3.63, 3.8) is 0 Å². The van der Waals surface area contributed by atoms with E-state index in [-0.39, 0.29) is 28.9 Å². The van der Waals surface area contributed by atoms with Crippen molar-refractivity contribution >= 4 is 0 Å². The van der Waals surface area contributed by atoms with Gasteiger partial charge in [-0.2, -0.15) is 0 Å². The van der Waals surface area contributed by atoms with Crippen LogP contribution in [0.5, 0.6) is 0 Å². The highest BCUT2D eigenvalue weighted by atomic mass is 16.6. The molecule has 3 fully saturated rings. The average Bonchev–Trinajstić information content (AvgIpc) is 3.37. The third-order valence-corrected chi connectivity index (χ3v) is 8.62. The molecule has 0 amide bonds. The molecule has 2 saturated carbocycles. The normalized spacial score (nSPS) is 54.8. The smallest absolute Gasteiger partial charge is 0.127 e. The first-order chi connectivity index (χ1) is 12.6. The van der Waals surface area contributed by atoms with Gasteiger partial charge in [0.2, 0.25) is 0 Å². The number of aliphatic hydroxyl groups is 4. The zero-order valence-corrected chi connectivity index (χ0v) is 16.7. The summed E-state index contributed by atoms with van der Waals surface area (Å²) >= 11 is 0. The third-order valence-electron chi connectivity index (χ3n) is 8.62. The van der Waals surface area contributed by atoms with Crippen molar-refractivity contribution in [3.05, 3.63) is 23.8 Å². The van der Waals surface area contributed by atoms with Gasteiger partial charge in [0.05, 0.1) is 0 Å². The fourth-order valence-corrected chi connectivity index (χ4v) is 6.75. The van der Waals surface area contributed by atoms with E-state index in [1.54, 1.807) is 0 Å². The molecule has 9 unspecified atom stereocenters. The standard InChI is InChI=1S/C22H34O5/c1-12-6-7-15-20(3,11-23)8-5-9-21(15,4)14(12)10-22-18(26)16(24)13(2)17(25)19(22)27-22/h6,14-19,23-26H,2,5,7-11H2,1,3-4H3. The summed E-state index contributed by atoms with van der Waals surface area (Å²) in [7, 11) is 0. The number of epoxide rings is 1. The van der Waals surface area contributed by atoms with E-state index in [2.05, 4.69) is 33.4 Å². The molecule has 152 valence electrons. The first kappa shape index (κ1) is 19.6. The number of aliphatic hydroxyl groups excluding tert-OH is 4. The number of hydrogen-bond acceptors (Lipinski definition) is 5. The summed E-state index contributed by atoms with van der Waals surface area (Å²) in [5.74, 6) is 0.560. The zero-order chi connectivity index (χ0) is 19.8. The van der Waals surface area contributed by atoms with Crippen LogP contribution in [0, 0.1) is 22.7 Å². The summed E-state index contributed by atoms with van der Waals surface area (Å²) < 4.78 is 5.89. The van der Waals surface area contributed by atoms with Gasteiger partial charge >= 0.3 is 0 Å². The fraction of sp³-hybridized carbons (Fsp3) is 0.818. The van der Waals surface area contributed by atoms with Crippen LogP contribution >= 0.6 is 0 Å². The van der Waals surface area contributed by atoms with E-state index in [1.807, 2.05) is 0 Å². The van der Waals surface area contributed by atoms with Crippen molar-refractivity contribution in [1.29, 1.82) is 0 Å². The van der Waals surface area contributed by atoms with Gasteiger partial charge in [-0.3, -0.25) is 0 Å². The number of rotatable bonds is 3. The van der Waals surface area contributed by atoms with E-state index in [9.17, 15) is 20.4 Å². The van der Waals surface area contributed by atoms with Crippen LogP contribution in [0.3, 0.4) is 0 Å². The van der Waals surface area contributed by atoms with Gasteiger partial charge in [0.25, 0.3) is 0 Å². The predicted octanol–water partition coefficient (Wildman–Crippen LogP) is 1.94. The Kier molecular flexibility index (Phi) is 4.45. The molecule has 4 rings (SSSR count). The second-order valence-electron chi connectivity index (χ2n) is 10.1. The molecule has 5 heteroatoms. The Hall–Kier alpha value is -0.720. The molecule has 4 N–H and O–H groups in total. The minimum Gasteiger partial charge on any atom is -0.396 e. The van der Waals surface area contributed by atoms with Gasteiger partial charge in [0.1, 0.15) is 30.0 Å². The highest BCUT2D eigenvalue weighted by Gasteiger charge is 2.71. The molecule has 0 aromatic rings. The quantitative estimate of drug-likeness (QED) is 0.445. The average molecular weight is 379 g/mol. The summed E-state index contributed by atoms with van der Waals surface area (Å²) in [5, 5.41) is 41.6. The summed E-state index contributed by atoms with van der Waals surface area (Å²) in [5.41, 5.74) is 0.538. The van der Waals surface area contributed by atoms with E-state index in [1.165, 1.54) is 5.57 Å². The van der Waals surface area contributed by atoms with Crippen LogP contribution in [0.25, 0.3) is 0 Å². The van der Waals surface area contributed by atoms with Crippen molar-refractivity contribution in [2.24, 2.45) is 22.7 Å². The first-order valence-corrected chi connectivity index (χ1v) is 10.3. The Morgan fingerprint density at radius 2 is 1.89 bits per heavy atom. The monoisotopic (exact) mass is 378 g/mol. The molecular weight excluding hydrogens is 344 g/mol. The van der Waals surface area contributed by atoms with Crippen molar-refractivity contribution in [2.75, 3.05) is 6.61 Å². The molecule has 5 nitrogen and oxygen atoms in total. The second kappa shape index (κ2) is 6.14. The van der Waals surface area contributed by atoms with Gasteiger partial charge in [-0.15, -0.1) is 0 Å². The lowest BCUT2D eigenvalue weighted by Crippen LogP contribution is -2.56. The Balaban J connectivity index is 1.67. The van der Waals surface area contributed by atoms with Gasteiger partial charge in [-0.05, 0) is 60.8 Å². The van der Waals surface area contributed by atoms with Crippen LogP contribution < -0.4 is 0 Å². The Bertz CT molecular complexity index is 674. The third kappa shape index (κ3) is 2.55. The molecule has 0 aromatic carbocycles. The van der Waals surface area contributed by atoms with E-state index in [4.69, 9.17) is 4.74 Å². The fourth-order valence-electron chi connectivity index (χ4n) is 6.75. The maximum Gasteiger partial charge on any atom is 0.127 e. The summed E-state index contributed by atoms with van der Waals surface area (Å²) in [6, 6.07) is 0. The number of ether oxygens (including phenoxy) is 1. The SMILES string of the molecule is C=C1C(O)C(O)C2(CC3C(C)=CCC4C(C)(CO)CCCC34C)OC2C1O. The largest absolute Gasteiger partial charge is 0.396 e. The molecule has 27 heavy (non-hydrogen) atoms. The second-order valence-corrected chi connectivity index (χ2v) is 10.1. The number of allylic oxidation sites excluding steroid dienone is 2. The molecule has 0 bridgehead atoms. The Morgan fingerprint density at radius 3 is 2.56 bits per heavy atom. The molecule has 0 radical (unpaired) electrons. The van der Waals surface area contributed by atoms with Crippen LogP contribution in [0.2, 0.25) is 0 Å². The maximum absolute atomic E-state index is 10.8. The molecule has 1 aliphatic heterocycles. The highest BCUT2D eigenvalue weighted by molar-refractivity contribution is 5.32. The summed E-state index contributed by atoms with van der Waals surface area (Å²) in [6.45, 7) is 10.6. The summed E-state index contributed by atoms with van der Waals surface area (Å²) in [6.07, 6.45) is 3.37. The van der Waals surface area contributed by atoms with Gasteiger partial charge in [-0.1, -0.05) is 38.5 Å². The van der Waals surface area contributed by atoms with E-state index < -0.39 is 30.0 Å². The minimum atomic E-state index is -1.16. The van der Waals surface area contributed by atoms with Crippen LogP contribution in [0.15, 0.2) is 23.8 Å². The van der Waals surface area contributed by atoms with Crippen LogP contribution in [0.4, 0.5) is 0 Å². The predicted molar refractivity (Wildman–Crippen MR) is 102 cm³/mol. The molecule has 0 spiro atoms. The lowest BCUT2D eigenvalue weighted by molar-refractivity contribution is -0.0896. The first-order valence-electron chi connectivity index (χ1n) is 10.3. The molecular formula is C22H34O5. The van der Waals surface area contributed by atoms with Gasteiger partial charge < -0.3 is 25.2 Å². The highest BCUT2D eigenvalue weighted by Crippen LogP contribution is 2.63. The summed E-state index contributed by atoms with van der Waals surface area (Å²) in [4.78, 5) is 0. The van der Waals surface area contributed by atoms with Crippen LogP contribution in [0.1, 0.15) is 52.9 Å². The number of fused-ring (bicyclic) bond motifs is 2. The van der Waals surface area contributed by atoms with Crippen LogP contribution in [-0.4, -0.2) is 57.0 Å². The van der Waals surface area contributed by atoms with E-state index in [0.29, 0.717) is 12.3 Å². The number of hydrogen-bond donors (Lipinski definition) is 4. The van der Waals surface area contributed by atoms with Gasteiger partial charge in [0, 0.05) is 6.61 Å². The lowest BCUT2D eigenvalue weighted by Gasteiger charge is -2.58. The van der Waals surface area contributed by atoms with Crippen molar-refractivity contribution in [3.8, 4) is 0 Å². The molecule has 1 saturated heterocycles. The van der Waals surface area contributed by atoms with Crippen molar-refractivity contribution in [2.45, 2.75) is 82.9 Å². The maximum atomic E-state index is 10.8. The topological polar surface area (TPSA) is 93.5 Å². The van der Waals surface area contributed by atoms with Crippen LogP contribution in [-0.2, 0) is 4.74 Å². The zero-order valence-electron chi connectivity index (χ0n) is 16.7. The molecule has 1 heterocycles. The molecule has 9 atom stereocenters. The van der Waals surface area contributed by atoms with E-state index in [0.717, 1.165) is 25.7 Å². The molecule has 3 aliphatic carbocycles. The van der Waals surface area contributed by atoms with Crippen molar-refractivity contribution < 1.29 is 25.2 Å². The Labute approximate surface area is 161 Å². The molecule has 0 aromatic heterocycles. The van der Waals surface area contributed by atoms with Gasteiger partial charge in [-0.25, -0.2) is 0 Å². The Morgan fingerprint density at radius 1 is 1.19 bits per heavy atom. The lowest BCUT2D eigenvalue weighted by atomic mass is 9.47. The minimum absolute atomic E-state index is 0.00386. The van der Waals surface area contributed by atoms with E-state index >= 15 is 0 Å². The van der Waals surface area contributed by atoms with Crippen molar-refractivity contribution in [1.82, 2.24) is 0 Å². The van der Waals surface area contributed by atoms with Gasteiger partial charge in [0.15, 0.2) is 0 Å². The molecule has 4 aliphatic rings.